The number of ether oxygens (including phenoxy) is 4. The molecule has 3 N–H and O–H groups in total. The summed E-state index contributed by atoms with van der Waals surface area (Å²) in [6, 6.07) is -0.333. The second-order valence-electron chi connectivity index (χ2n) is 13.3. The number of aliphatic hydroxyl groups is 3. The summed E-state index contributed by atoms with van der Waals surface area (Å²) in [6.45, 7) is 12.2. The van der Waals surface area contributed by atoms with Crippen molar-refractivity contribution in [3.8, 4) is 0 Å². The van der Waals surface area contributed by atoms with Crippen LogP contribution in [0.4, 0.5) is 4.39 Å². The number of hydrogen-bond acceptors (Lipinski definition) is 11. The molecule has 13 atom stereocenters. The summed E-state index contributed by atoms with van der Waals surface area (Å²) in [4.78, 5) is 42.7. The molecule has 2 heterocycles. The van der Waals surface area contributed by atoms with Gasteiger partial charge in [-0.3, -0.25) is 14.5 Å². The molecule has 0 aromatic heterocycles. The fourth-order valence-corrected chi connectivity index (χ4v) is 7.42. The summed E-state index contributed by atoms with van der Waals surface area (Å²) in [5, 5.41) is 33.7. The number of cyclic esters (lactones) is 1. The number of methoxy groups -OCH3 is 1. The Labute approximate surface area is 274 Å². The van der Waals surface area contributed by atoms with Crippen molar-refractivity contribution in [3.63, 3.8) is 0 Å². The lowest BCUT2D eigenvalue weighted by atomic mass is 9.74. The van der Waals surface area contributed by atoms with Crippen LogP contribution < -0.4 is 0 Å². The minimum absolute atomic E-state index is 0.0260. The van der Waals surface area contributed by atoms with Crippen molar-refractivity contribution in [1.82, 2.24) is 4.90 Å². The van der Waals surface area contributed by atoms with Gasteiger partial charge in [-0.1, -0.05) is 50.3 Å². The summed E-state index contributed by atoms with van der Waals surface area (Å²) < 4.78 is 40.7. The van der Waals surface area contributed by atoms with E-state index in [0.29, 0.717) is 13.0 Å². The van der Waals surface area contributed by atoms with Gasteiger partial charge in [-0.2, -0.15) is 0 Å². The monoisotopic (exact) mass is 745 g/mol. The lowest BCUT2D eigenvalue weighted by Gasteiger charge is -2.47. The van der Waals surface area contributed by atoms with E-state index in [1.807, 2.05) is 18.9 Å². The first-order chi connectivity index (χ1) is 20.2. The molecule has 2 fully saturated rings. The molecule has 0 saturated carbocycles. The van der Waals surface area contributed by atoms with Crippen LogP contribution in [-0.4, -0.2) is 123 Å². The summed E-state index contributed by atoms with van der Waals surface area (Å²) in [7, 11) is 3.25. The average Bonchev–Trinajstić information content (AvgIpc) is 2.96. The smallest absolute Gasteiger partial charge is 0.351 e. The third-order valence-corrected chi connectivity index (χ3v) is 10.2. The summed E-state index contributed by atoms with van der Waals surface area (Å²) >= 11 is 2.25. The van der Waals surface area contributed by atoms with Crippen LogP contribution in [-0.2, 0) is 33.3 Å². The van der Waals surface area contributed by atoms with Crippen LogP contribution in [0, 0.1) is 17.8 Å². The van der Waals surface area contributed by atoms with Crippen LogP contribution in [0.3, 0.4) is 0 Å². The van der Waals surface area contributed by atoms with Gasteiger partial charge in [0.2, 0.25) is 0 Å². The average molecular weight is 746 g/mol. The topological polar surface area (TPSA) is 152 Å². The molecule has 11 nitrogen and oxygen atoms in total. The van der Waals surface area contributed by atoms with Crippen LogP contribution >= 0.6 is 22.6 Å². The Hall–Kier alpha value is -0.810. The molecule has 2 saturated heterocycles. The standard InChI is InChI=1S/C31H53FINO10/c1-11-21-31(8,40)25(38)18(4)22(35)16(2)15-29(6,41-10)26(19(5)24(37)30(7,32)28(39)43-21)44-27-23(36)20(14-17(3)42-27)34(9)13-12-33/h16-21,23,25-27,36,38,40H,11-15H2,1-10H3/t16-,17-,18+,19+,20+,21-,23-,25-,26-,27+,29-,30+,31-/m1/s1. The first-order valence-electron chi connectivity index (χ1n) is 15.4. The Balaban J connectivity index is 2.66. The first-order valence-corrected chi connectivity index (χ1v) is 16.9. The first kappa shape index (κ1) is 39.4. The molecule has 2 rings (SSSR count). The molecule has 0 amide bonds. The van der Waals surface area contributed by atoms with Crippen molar-refractivity contribution >= 4 is 40.1 Å². The van der Waals surface area contributed by atoms with E-state index in [0.717, 1.165) is 11.4 Å². The molecule has 0 unspecified atom stereocenters. The van der Waals surface area contributed by atoms with Gasteiger partial charge in [0.25, 0.3) is 5.67 Å². The maximum atomic E-state index is 16.2. The number of carbonyl (C=O) groups excluding carboxylic acids is 3. The lowest BCUT2D eigenvalue weighted by molar-refractivity contribution is -0.296. The normalized spacial score (nSPS) is 45.2. The third-order valence-electron chi connectivity index (χ3n) is 9.67. The molecule has 0 radical (unpaired) electrons. The summed E-state index contributed by atoms with van der Waals surface area (Å²) in [6.07, 6.45) is -6.64. The molecule has 2 aliphatic heterocycles. The number of hydrogen-bond donors (Lipinski definition) is 3. The third kappa shape index (κ3) is 8.18. The Morgan fingerprint density at radius 1 is 1.09 bits per heavy atom. The summed E-state index contributed by atoms with van der Waals surface area (Å²) in [5.74, 6) is -6.36. The molecule has 2 aliphatic rings. The van der Waals surface area contributed by atoms with Gasteiger partial charge < -0.3 is 34.3 Å². The van der Waals surface area contributed by atoms with Gasteiger partial charge in [0.15, 0.2) is 12.1 Å². The van der Waals surface area contributed by atoms with E-state index in [2.05, 4.69) is 22.6 Å². The van der Waals surface area contributed by atoms with E-state index >= 15 is 4.39 Å². The molecule has 0 spiro atoms. The van der Waals surface area contributed by atoms with E-state index in [1.165, 1.54) is 27.9 Å². The second-order valence-corrected chi connectivity index (χ2v) is 14.4. The number of alkyl halides is 2. The number of rotatable bonds is 7. The van der Waals surface area contributed by atoms with Gasteiger partial charge >= 0.3 is 5.97 Å². The number of Topliss-reactive ketones (excluding diaryl/α,β-unsaturated/α-hetero) is 2. The highest BCUT2D eigenvalue weighted by atomic mass is 127. The number of carbonyl (C=O) groups is 3. The zero-order valence-corrected chi connectivity index (χ0v) is 29.9. The van der Waals surface area contributed by atoms with Crippen LogP contribution in [0.15, 0.2) is 0 Å². The molecule has 44 heavy (non-hydrogen) atoms. The van der Waals surface area contributed by atoms with Crippen molar-refractivity contribution in [1.29, 1.82) is 0 Å². The lowest BCUT2D eigenvalue weighted by Crippen LogP contribution is -2.61. The fraction of sp³-hybridized carbons (Fsp3) is 0.903. The highest BCUT2D eigenvalue weighted by Gasteiger charge is 2.56. The Morgan fingerprint density at radius 3 is 2.20 bits per heavy atom. The van der Waals surface area contributed by atoms with Crippen molar-refractivity contribution < 1.29 is 53.0 Å². The number of nitrogens with zero attached hydrogens (tertiary/aromatic N) is 1. The Bertz CT molecular complexity index is 1010. The summed E-state index contributed by atoms with van der Waals surface area (Å²) in [5.41, 5.74) is -6.75. The quantitative estimate of drug-likeness (QED) is 0.153. The van der Waals surface area contributed by atoms with Gasteiger partial charge in [-0.05, 0) is 54.0 Å². The van der Waals surface area contributed by atoms with E-state index in [1.54, 1.807) is 20.8 Å². The van der Waals surface area contributed by atoms with Crippen LogP contribution in [0.25, 0.3) is 0 Å². The molecule has 0 aliphatic carbocycles. The van der Waals surface area contributed by atoms with E-state index in [-0.39, 0.29) is 25.0 Å². The number of esters is 1. The van der Waals surface area contributed by atoms with E-state index in [4.69, 9.17) is 18.9 Å². The van der Waals surface area contributed by atoms with Crippen molar-refractivity contribution in [2.75, 3.05) is 25.1 Å². The molecule has 0 bridgehead atoms. The highest BCUT2D eigenvalue weighted by molar-refractivity contribution is 14.1. The zero-order valence-electron chi connectivity index (χ0n) is 27.7. The molecule has 256 valence electrons. The molecule has 0 aromatic carbocycles. The molecule has 0 aromatic rings. The van der Waals surface area contributed by atoms with Crippen LogP contribution in [0.1, 0.15) is 74.7 Å². The molecule has 13 heteroatoms. The highest BCUT2D eigenvalue weighted by Crippen LogP contribution is 2.39. The maximum Gasteiger partial charge on any atom is 0.351 e. The number of aliphatic hydroxyl groups excluding tert-OH is 2. The van der Waals surface area contributed by atoms with Crippen LogP contribution in [0.2, 0.25) is 0 Å². The van der Waals surface area contributed by atoms with Crippen LogP contribution in [0.5, 0.6) is 0 Å². The minimum atomic E-state index is -3.18. The number of ketones is 2. The predicted octanol–water partition coefficient (Wildman–Crippen LogP) is 2.62. The van der Waals surface area contributed by atoms with Gasteiger partial charge in [-0.25, -0.2) is 9.18 Å². The van der Waals surface area contributed by atoms with Gasteiger partial charge in [0.1, 0.15) is 23.6 Å². The maximum absolute atomic E-state index is 16.2. The molecular weight excluding hydrogens is 692 g/mol. The molecular formula is C31H53FINO10. The van der Waals surface area contributed by atoms with Gasteiger partial charge in [-0.15, -0.1) is 0 Å². The number of likely N-dealkylation sites (N-methyl/N-ethyl adjacent to an activating group) is 1. The Morgan fingerprint density at radius 2 is 1.68 bits per heavy atom. The SMILES string of the molecule is CC[C@H]1OC(=O)[C@@](C)(F)C(=O)[C@H](C)[C@@H](O[C@@H]2O[C@H](C)C[C@H](N(C)CCI)[C@H]2O)[C@](C)(OC)C[C@@H](C)C(=O)[C@H](C)[C@@H](O)[C@]1(C)O. The zero-order chi connectivity index (χ0) is 33.9. The van der Waals surface area contributed by atoms with Crippen molar-refractivity contribution in [3.05, 3.63) is 0 Å². The minimum Gasteiger partial charge on any atom is -0.457 e. The number of halogens is 2. The van der Waals surface area contributed by atoms with Gasteiger partial charge in [0, 0.05) is 41.9 Å². The van der Waals surface area contributed by atoms with E-state index in [9.17, 15) is 29.7 Å². The van der Waals surface area contributed by atoms with Crippen molar-refractivity contribution in [2.45, 2.75) is 134 Å². The second kappa shape index (κ2) is 15.4. The van der Waals surface area contributed by atoms with Gasteiger partial charge in [0.05, 0.1) is 23.9 Å². The van der Waals surface area contributed by atoms with Crippen molar-refractivity contribution in [2.24, 2.45) is 17.8 Å². The van der Waals surface area contributed by atoms with E-state index < -0.39 is 82.9 Å². The Kier molecular flexibility index (Phi) is 13.8. The fourth-order valence-electron chi connectivity index (χ4n) is 6.66. The predicted molar refractivity (Wildman–Crippen MR) is 169 cm³/mol. The largest absolute Gasteiger partial charge is 0.457 e.